The van der Waals surface area contributed by atoms with Crippen molar-refractivity contribution in [2.75, 3.05) is 36.6 Å². The quantitative estimate of drug-likeness (QED) is 0.372. The Morgan fingerprint density at radius 2 is 1.69 bits per heavy atom. The van der Waals surface area contributed by atoms with E-state index in [1.165, 1.54) is 0 Å². The number of rotatable bonds is 12. The van der Waals surface area contributed by atoms with Crippen LogP contribution in [0.3, 0.4) is 0 Å². The molecule has 1 spiro atoms. The van der Waals surface area contributed by atoms with Gasteiger partial charge in [-0.2, -0.15) is 0 Å². The molecule has 222 valence electrons. The fourth-order valence-electron chi connectivity index (χ4n) is 7.06. The molecule has 42 heavy (non-hydrogen) atoms. The highest BCUT2D eigenvalue weighted by Gasteiger charge is 2.74. The van der Waals surface area contributed by atoms with E-state index in [0.29, 0.717) is 30.8 Å². The van der Waals surface area contributed by atoms with E-state index >= 15 is 0 Å². The van der Waals surface area contributed by atoms with Crippen molar-refractivity contribution in [3.63, 3.8) is 0 Å². The molecule has 3 aliphatic heterocycles. The Hall–Kier alpha value is -3.56. The summed E-state index contributed by atoms with van der Waals surface area (Å²) < 4.78 is 4.54. The van der Waals surface area contributed by atoms with E-state index in [9.17, 15) is 19.5 Å². The largest absolute Gasteiger partial charge is 0.497 e. The first-order chi connectivity index (χ1) is 20.4. The fourth-order valence-corrected chi connectivity index (χ4v) is 9.25. The van der Waals surface area contributed by atoms with Crippen LogP contribution in [0.4, 0.5) is 11.4 Å². The number of hydrogen-bond donors (Lipinski definition) is 1. The Bertz CT molecular complexity index is 1330. The van der Waals surface area contributed by atoms with Gasteiger partial charge in [0.15, 0.2) is 0 Å². The number of fused-ring (bicyclic) bond motifs is 1. The van der Waals surface area contributed by atoms with Crippen LogP contribution in [-0.4, -0.2) is 76.6 Å². The minimum atomic E-state index is -0.827. The molecule has 0 aliphatic carbocycles. The zero-order chi connectivity index (χ0) is 30.0. The molecule has 3 fully saturated rings. The van der Waals surface area contributed by atoms with Crippen LogP contribution >= 0.6 is 11.8 Å². The number of carbonyl (C=O) groups is 3. The average molecular weight is 590 g/mol. The molecule has 2 bridgehead atoms. The van der Waals surface area contributed by atoms with Gasteiger partial charge in [-0.3, -0.25) is 14.4 Å². The summed E-state index contributed by atoms with van der Waals surface area (Å²) in [5.41, 5.74) is 1.41. The molecule has 3 aliphatic rings. The van der Waals surface area contributed by atoms with Crippen molar-refractivity contribution >= 4 is 40.9 Å². The zero-order valence-corrected chi connectivity index (χ0v) is 25.0. The van der Waals surface area contributed by atoms with Crippen LogP contribution in [0, 0.1) is 11.8 Å². The van der Waals surface area contributed by atoms with E-state index in [0.717, 1.165) is 12.1 Å². The molecule has 2 unspecified atom stereocenters. The zero-order valence-electron chi connectivity index (χ0n) is 24.2. The Kier molecular flexibility index (Phi) is 8.80. The highest BCUT2D eigenvalue weighted by molar-refractivity contribution is 8.02. The molecule has 2 aromatic rings. The van der Waals surface area contributed by atoms with Gasteiger partial charge in [0.05, 0.1) is 36.3 Å². The smallest absolute Gasteiger partial charge is 0.251 e. The number of likely N-dealkylation sites (tertiary alicyclic amines) is 1. The second kappa shape index (κ2) is 12.4. The third-order valence-electron chi connectivity index (χ3n) is 8.94. The van der Waals surface area contributed by atoms with E-state index in [2.05, 4.69) is 13.2 Å². The van der Waals surface area contributed by atoms with Crippen molar-refractivity contribution in [3.8, 4) is 5.75 Å². The van der Waals surface area contributed by atoms with Gasteiger partial charge in [-0.1, -0.05) is 37.3 Å². The van der Waals surface area contributed by atoms with Crippen molar-refractivity contribution in [2.24, 2.45) is 11.8 Å². The highest BCUT2D eigenvalue weighted by Crippen LogP contribution is 2.67. The molecule has 8 nitrogen and oxygen atoms in total. The summed E-state index contributed by atoms with van der Waals surface area (Å²) in [6.45, 7) is 9.95. The van der Waals surface area contributed by atoms with Crippen molar-refractivity contribution in [1.82, 2.24) is 4.90 Å². The lowest BCUT2D eigenvalue weighted by atomic mass is 9.70. The number of hydrogen-bond acceptors (Lipinski definition) is 6. The number of aliphatic hydroxyl groups excluding tert-OH is 1. The molecule has 5 rings (SSSR count). The normalized spacial score (nSPS) is 26.5. The SMILES string of the molecule is C=CCN(C(=O)C1N([C@@H](CC)CO)C(=O)[C@@H]2[C@H](C(=O)N(CC=C)c3ccccc3)[C@@H]3CCC12S3)c1ccc(OC)cc1. The van der Waals surface area contributed by atoms with Crippen LogP contribution < -0.4 is 14.5 Å². The third-order valence-corrected chi connectivity index (χ3v) is 10.9. The minimum Gasteiger partial charge on any atom is -0.497 e. The lowest BCUT2D eigenvalue weighted by Crippen LogP contribution is -2.57. The van der Waals surface area contributed by atoms with Crippen molar-refractivity contribution < 1.29 is 24.2 Å². The summed E-state index contributed by atoms with van der Waals surface area (Å²) in [7, 11) is 1.59. The summed E-state index contributed by atoms with van der Waals surface area (Å²) >= 11 is 1.62. The number of nitrogens with zero attached hydrogens (tertiary/aromatic N) is 3. The van der Waals surface area contributed by atoms with Crippen LogP contribution in [0.1, 0.15) is 26.2 Å². The molecule has 0 radical (unpaired) electrons. The van der Waals surface area contributed by atoms with E-state index < -0.39 is 28.7 Å². The molecule has 2 aromatic carbocycles. The van der Waals surface area contributed by atoms with E-state index in [-0.39, 0.29) is 36.1 Å². The number of benzene rings is 2. The maximum Gasteiger partial charge on any atom is 0.251 e. The van der Waals surface area contributed by atoms with Gasteiger partial charge in [0.2, 0.25) is 11.8 Å². The summed E-state index contributed by atoms with van der Waals surface area (Å²) in [5, 5.41) is 10.3. The first-order valence-corrected chi connectivity index (χ1v) is 15.4. The molecular formula is C33H39N3O5S. The Morgan fingerprint density at radius 3 is 2.26 bits per heavy atom. The molecule has 0 saturated carbocycles. The molecule has 1 N–H and O–H groups in total. The third kappa shape index (κ3) is 4.82. The van der Waals surface area contributed by atoms with Crippen LogP contribution in [0.15, 0.2) is 79.9 Å². The predicted octanol–water partition coefficient (Wildman–Crippen LogP) is 4.30. The van der Waals surface area contributed by atoms with E-state index in [1.807, 2.05) is 49.4 Å². The monoisotopic (exact) mass is 589 g/mol. The van der Waals surface area contributed by atoms with Crippen LogP contribution in [0.2, 0.25) is 0 Å². The molecule has 3 saturated heterocycles. The molecule has 3 amide bonds. The Labute approximate surface area is 252 Å². The standard InChI is InChI=1S/C33H39N3O5S/c1-5-19-34(23-11-9-8-10-12-23)30(38)27-26-17-18-33(42-26)28(27)31(39)36(22(7-3)21-37)29(33)32(40)35(20-6-2)24-13-15-25(41-4)16-14-24/h5-6,8-16,22,26-29,37H,1-2,7,17-21H2,3-4H3/t22-,26-,27+,28-,29?,33?/m0/s1. The summed E-state index contributed by atoms with van der Waals surface area (Å²) in [6, 6.07) is 15.3. The Balaban J connectivity index is 1.58. The topological polar surface area (TPSA) is 90.4 Å². The molecular weight excluding hydrogens is 550 g/mol. The van der Waals surface area contributed by atoms with E-state index in [1.54, 1.807) is 57.9 Å². The predicted molar refractivity (Wildman–Crippen MR) is 167 cm³/mol. The van der Waals surface area contributed by atoms with Gasteiger partial charge in [0.1, 0.15) is 11.8 Å². The number of anilines is 2. The first kappa shape index (κ1) is 29.9. The van der Waals surface area contributed by atoms with Gasteiger partial charge in [0.25, 0.3) is 5.91 Å². The van der Waals surface area contributed by atoms with Gasteiger partial charge in [-0.15, -0.1) is 24.9 Å². The number of thioether (sulfide) groups is 1. The lowest BCUT2D eigenvalue weighted by Gasteiger charge is -2.39. The van der Waals surface area contributed by atoms with Crippen LogP contribution in [0.5, 0.6) is 5.75 Å². The number of methoxy groups -OCH3 is 1. The number of para-hydroxylation sites is 1. The number of carbonyl (C=O) groups excluding carboxylic acids is 3. The Morgan fingerprint density at radius 1 is 1.07 bits per heavy atom. The van der Waals surface area contributed by atoms with Crippen molar-refractivity contribution in [1.29, 1.82) is 0 Å². The number of ether oxygens (including phenoxy) is 1. The van der Waals surface area contributed by atoms with Crippen molar-refractivity contribution in [3.05, 3.63) is 79.9 Å². The van der Waals surface area contributed by atoms with Gasteiger partial charge in [0, 0.05) is 29.7 Å². The molecule has 3 heterocycles. The summed E-state index contributed by atoms with van der Waals surface area (Å²) in [6.07, 6.45) is 5.23. The number of amides is 3. The summed E-state index contributed by atoms with van der Waals surface area (Å²) in [4.78, 5) is 48.5. The van der Waals surface area contributed by atoms with Crippen LogP contribution in [-0.2, 0) is 14.4 Å². The van der Waals surface area contributed by atoms with Crippen molar-refractivity contribution in [2.45, 2.75) is 48.3 Å². The average Bonchev–Trinajstić information content (AvgIpc) is 3.67. The highest BCUT2D eigenvalue weighted by atomic mass is 32.2. The van der Waals surface area contributed by atoms with Crippen LogP contribution in [0.25, 0.3) is 0 Å². The first-order valence-electron chi connectivity index (χ1n) is 14.5. The second-order valence-electron chi connectivity index (χ2n) is 11.1. The fraction of sp³-hybridized carbons (Fsp3) is 0.424. The molecule has 6 atom stereocenters. The number of aliphatic hydroxyl groups is 1. The summed E-state index contributed by atoms with van der Waals surface area (Å²) in [5.74, 6) is -1.15. The molecule has 9 heteroatoms. The van der Waals surface area contributed by atoms with Gasteiger partial charge in [-0.05, 0) is 55.7 Å². The lowest BCUT2D eigenvalue weighted by molar-refractivity contribution is -0.141. The van der Waals surface area contributed by atoms with E-state index in [4.69, 9.17) is 4.74 Å². The minimum absolute atomic E-state index is 0.0806. The second-order valence-corrected chi connectivity index (χ2v) is 12.7. The maximum absolute atomic E-state index is 14.7. The molecule has 0 aromatic heterocycles. The van der Waals surface area contributed by atoms with Gasteiger partial charge < -0.3 is 24.5 Å². The van der Waals surface area contributed by atoms with Gasteiger partial charge >= 0.3 is 0 Å². The maximum atomic E-state index is 14.7. The van der Waals surface area contributed by atoms with Gasteiger partial charge in [-0.25, -0.2) is 0 Å².